The van der Waals surface area contributed by atoms with Crippen LogP contribution in [0.1, 0.15) is 44.9 Å². The van der Waals surface area contributed by atoms with Gasteiger partial charge in [-0.05, 0) is 55.4 Å². The zero-order valence-corrected chi connectivity index (χ0v) is 20.8. The minimum Gasteiger partial charge on any atom is -0.497 e. The minimum absolute atomic E-state index is 0.215. The van der Waals surface area contributed by atoms with Crippen LogP contribution in [-0.2, 0) is 13.0 Å². The number of hydrogen-bond acceptors (Lipinski definition) is 5. The van der Waals surface area contributed by atoms with Crippen molar-refractivity contribution < 1.29 is 14.6 Å². The number of methoxy groups -OCH3 is 1. The van der Waals surface area contributed by atoms with E-state index in [2.05, 4.69) is 25.7 Å². The summed E-state index contributed by atoms with van der Waals surface area (Å²) in [6, 6.07) is 17.8. The Morgan fingerprint density at radius 1 is 1.09 bits per heavy atom. The summed E-state index contributed by atoms with van der Waals surface area (Å²) in [4.78, 5) is 2.38. The normalized spacial score (nSPS) is 14.6. The molecule has 1 N–H and O–H groups in total. The summed E-state index contributed by atoms with van der Waals surface area (Å²) in [5.74, 6) is 3.10. The first-order valence-corrected chi connectivity index (χ1v) is 12.4. The SMILES string of the molecule is CCc1nn(-c2ccccc2)c(Oc2cccc(OC)c2)c1CN(CC1CC1)C[C@H](O)C(C)C. The van der Waals surface area contributed by atoms with Gasteiger partial charge < -0.3 is 14.6 Å². The maximum Gasteiger partial charge on any atom is 0.227 e. The van der Waals surface area contributed by atoms with Gasteiger partial charge in [0, 0.05) is 25.7 Å². The van der Waals surface area contributed by atoms with E-state index in [1.807, 2.05) is 59.3 Å². The van der Waals surface area contributed by atoms with Crippen LogP contribution in [0.25, 0.3) is 5.69 Å². The lowest BCUT2D eigenvalue weighted by Gasteiger charge is -2.27. The third-order valence-electron chi connectivity index (χ3n) is 6.42. The molecule has 1 aromatic heterocycles. The second-order valence-electron chi connectivity index (χ2n) is 9.56. The van der Waals surface area contributed by atoms with Crippen molar-refractivity contribution in [1.29, 1.82) is 0 Å². The van der Waals surface area contributed by atoms with Crippen LogP contribution in [-0.4, -0.2) is 46.1 Å². The summed E-state index contributed by atoms with van der Waals surface area (Å²) in [6.07, 6.45) is 2.97. The molecule has 6 nitrogen and oxygen atoms in total. The second-order valence-corrected chi connectivity index (χ2v) is 9.56. The van der Waals surface area contributed by atoms with Gasteiger partial charge in [-0.2, -0.15) is 5.10 Å². The van der Waals surface area contributed by atoms with Gasteiger partial charge in [0.25, 0.3) is 0 Å². The molecule has 1 saturated carbocycles. The average molecular weight is 464 g/mol. The number of hydrogen-bond donors (Lipinski definition) is 1. The molecule has 0 saturated heterocycles. The number of aliphatic hydroxyl groups is 1. The Hall–Kier alpha value is -2.83. The Morgan fingerprint density at radius 3 is 2.47 bits per heavy atom. The number of benzene rings is 2. The second kappa shape index (κ2) is 11.1. The van der Waals surface area contributed by atoms with Gasteiger partial charge in [-0.3, -0.25) is 4.90 Å². The molecule has 1 aliphatic rings. The molecule has 0 radical (unpaired) electrons. The molecular weight excluding hydrogens is 426 g/mol. The molecule has 0 aliphatic heterocycles. The van der Waals surface area contributed by atoms with Gasteiger partial charge >= 0.3 is 0 Å². The lowest BCUT2D eigenvalue weighted by atomic mass is 10.1. The van der Waals surface area contributed by atoms with Crippen LogP contribution >= 0.6 is 0 Å². The molecular formula is C28H37N3O3. The van der Waals surface area contributed by atoms with Gasteiger partial charge in [-0.25, -0.2) is 4.68 Å². The van der Waals surface area contributed by atoms with Gasteiger partial charge in [0.2, 0.25) is 5.88 Å². The van der Waals surface area contributed by atoms with E-state index >= 15 is 0 Å². The molecule has 0 unspecified atom stereocenters. The topological polar surface area (TPSA) is 59.8 Å². The van der Waals surface area contributed by atoms with Gasteiger partial charge in [0.05, 0.1) is 30.2 Å². The summed E-state index contributed by atoms with van der Waals surface area (Å²) >= 11 is 0. The van der Waals surface area contributed by atoms with E-state index in [-0.39, 0.29) is 12.0 Å². The maximum absolute atomic E-state index is 10.7. The lowest BCUT2D eigenvalue weighted by Crippen LogP contribution is -2.36. The monoisotopic (exact) mass is 463 g/mol. The summed E-state index contributed by atoms with van der Waals surface area (Å²) in [5.41, 5.74) is 3.05. The van der Waals surface area contributed by atoms with E-state index in [0.717, 1.165) is 47.5 Å². The molecule has 182 valence electrons. The van der Waals surface area contributed by atoms with Crippen molar-refractivity contribution in [3.63, 3.8) is 0 Å². The smallest absolute Gasteiger partial charge is 0.227 e. The van der Waals surface area contributed by atoms with Crippen molar-refractivity contribution in [3.05, 3.63) is 65.9 Å². The zero-order valence-electron chi connectivity index (χ0n) is 20.8. The quantitative estimate of drug-likeness (QED) is 0.386. The highest BCUT2D eigenvalue weighted by molar-refractivity contribution is 5.44. The third-order valence-corrected chi connectivity index (χ3v) is 6.42. The third kappa shape index (κ3) is 5.99. The van der Waals surface area contributed by atoms with Crippen molar-refractivity contribution in [2.24, 2.45) is 11.8 Å². The number of para-hydroxylation sites is 1. The fourth-order valence-corrected chi connectivity index (χ4v) is 4.11. The molecule has 1 fully saturated rings. The van der Waals surface area contributed by atoms with E-state index in [4.69, 9.17) is 14.6 Å². The van der Waals surface area contributed by atoms with Gasteiger partial charge in [-0.1, -0.05) is 45.0 Å². The minimum atomic E-state index is -0.365. The number of aryl methyl sites for hydroxylation is 1. The van der Waals surface area contributed by atoms with E-state index in [1.54, 1.807) is 7.11 Å². The maximum atomic E-state index is 10.7. The number of nitrogens with zero attached hydrogens (tertiary/aromatic N) is 3. The van der Waals surface area contributed by atoms with E-state index in [1.165, 1.54) is 12.8 Å². The average Bonchev–Trinajstić information content (AvgIpc) is 3.60. The molecule has 6 heteroatoms. The molecule has 0 bridgehead atoms. The van der Waals surface area contributed by atoms with Crippen molar-refractivity contribution in [2.45, 2.75) is 52.7 Å². The Bertz CT molecular complexity index is 1060. The number of aliphatic hydroxyl groups excluding tert-OH is 1. The largest absolute Gasteiger partial charge is 0.497 e. The van der Waals surface area contributed by atoms with E-state index in [9.17, 15) is 5.11 Å². The standard InChI is InChI=1S/C28H37N3O3/c1-5-26-25(18-30(17-21-14-15-21)19-27(32)20(2)3)28(31(29-26)22-10-7-6-8-11-22)34-24-13-9-12-23(16-24)33-4/h6-13,16,20-21,27,32H,5,14-15,17-19H2,1-4H3/t27-/m0/s1. The van der Waals surface area contributed by atoms with Crippen LogP contribution in [0.2, 0.25) is 0 Å². The Balaban J connectivity index is 1.73. The summed E-state index contributed by atoms with van der Waals surface area (Å²) < 4.78 is 13.8. The van der Waals surface area contributed by atoms with Gasteiger partial charge in [0.15, 0.2) is 0 Å². The summed E-state index contributed by atoms with van der Waals surface area (Å²) in [6.45, 7) is 8.60. The number of rotatable bonds is 12. The van der Waals surface area contributed by atoms with Crippen LogP contribution in [0.5, 0.6) is 17.4 Å². The Kier molecular flexibility index (Phi) is 7.91. The Labute approximate surface area is 203 Å². The van der Waals surface area contributed by atoms with Crippen LogP contribution in [0.15, 0.2) is 54.6 Å². The molecule has 1 atom stereocenters. The van der Waals surface area contributed by atoms with Crippen LogP contribution in [0.4, 0.5) is 0 Å². The predicted octanol–water partition coefficient (Wildman–Crippen LogP) is 5.46. The molecule has 34 heavy (non-hydrogen) atoms. The van der Waals surface area contributed by atoms with Crippen molar-refractivity contribution in [2.75, 3.05) is 20.2 Å². The molecule has 0 amide bonds. The molecule has 1 aliphatic carbocycles. The summed E-state index contributed by atoms with van der Waals surface area (Å²) in [7, 11) is 1.66. The van der Waals surface area contributed by atoms with Gasteiger partial charge in [0.1, 0.15) is 11.5 Å². The first-order chi connectivity index (χ1) is 16.5. The van der Waals surface area contributed by atoms with Crippen molar-refractivity contribution in [3.8, 4) is 23.1 Å². The molecule has 4 rings (SSSR count). The molecule has 0 spiro atoms. The fourth-order valence-electron chi connectivity index (χ4n) is 4.11. The zero-order chi connectivity index (χ0) is 24.1. The predicted molar refractivity (Wildman–Crippen MR) is 135 cm³/mol. The highest BCUT2D eigenvalue weighted by atomic mass is 16.5. The van der Waals surface area contributed by atoms with Gasteiger partial charge in [-0.15, -0.1) is 0 Å². The molecule has 1 heterocycles. The highest BCUT2D eigenvalue weighted by Gasteiger charge is 2.29. The van der Waals surface area contributed by atoms with Crippen LogP contribution in [0, 0.1) is 11.8 Å². The molecule has 3 aromatic rings. The molecule has 2 aromatic carbocycles. The number of ether oxygens (including phenoxy) is 2. The summed E-state index contributed by atoms with van der Waals surface area (Å²) in [5, 5.41) is 15.6. The first kappa shape index (κ1) is 24.3. The number of aromatic nitrogens is 2. The van der Waals surface area contributed by atoms with Crippen molar-refractivity contribution >= 4 is 0 Å². The van der Waals surface area contributed by atoms with Crippen molar-refractivity contribution in [1.82, 2.24) is 14.7 Å². The van der Waals surface area contributed by atoms with E-state index < -0.39 is 0 Å². The first-order valence-electron chi connectivity index (χ1n) is 12.4. The van der Waals surface area contributed by atoms with Crippen LogP contribution in [0.3, 0.4) is 0 Å². The lowest BCUT2D eigenvalue weighted by molar-refractivity contribution is 0.0707. The van der Waals surface area contributed by atoms with E-state index in [0.29, 0.717) is 18.8 Å². The van der Waals surface area contributed by atoms with Crippen LogP contribution < -0.4 is 9.47 Å². The highest BCUT2D eigenvalue weighted by Crippen LogP contribution is 2.35. The Morgan fingerprint density at radius 2 is 1.82 bits per heavy atom. The fraction of sp³-hybridized carbons (Fsp3) is 0.464.